The molecule has 15 heavy (non-hydrogen) atoms. The lowest BCUT2D eigenvalue weighted by atomic mass is 9.94. The van der Waals surface area contributed by atoms with E-state index in [4.69, 9.17) is 0 Å². The summed E-state index contributed by atoms with van der Waals surface area (Å²) in [6, 6.07) is -0.0296. The van der Waals surface area contributed by atoms with Gasteiger partial charge in [0.2, 0.25) is 0 Å². The number of nitrogens with zero attached hydrogens (tertiary/aromatic N) is 1. The van der Waals surface area contributed by atoms with E-state index in [1.54, 1.807) is 4.90 Å². The summed E-state index contributed by atoms with van der Waals surface area (Å²) in [5.41, 5.74) is -0.796. The van der Waals surface area contributed by atoms with Gasteiger partial charge in [-0.1, -0.05) is 0 Å². The number of aliphatic hydroxyl groups is 1. The van der Waals surface area contributed by atoms with Crippen LogP contribution in [0.3, 0.4) is 0 Å². The van der Waals surface area contributed by atoms with Crippen molar-refractivity contribution in [2.24, 2.45) is 0 Å². The largest absolute Gasteiger partial charge is 0.390 e. The van der Waals surface area contributed by atoms with E-state index in [-0.39, 0.29) is 11.6 Å². The number of hydrogen-bond acceptors (Lipinski definition) is 2. The number of hydrogen-bond donors (Lipinski definition) is 2. The molecule has 4 nitrogen and oxygen atoms in total. The summed E-state index contributed by atoms with van der Waals surface area (Å²) >= 11 is 0. The molecule has 0 spiro atoms. The molecule has 1 heterocycles. The molecule has 0 radical (unpaired) electrons. The molecule has 1 fully saturated rings. The van der Waals surface area contributed by atoms with E-state index in [1.807, 2.05) is 27.7 Å². The molecule has 1 aliphatic rings. The quantitative estimate of drug-likeness (QED) is 0.639. The van der Waals surface area contributed by atoms with E-state index in [9.17, 15) is 9.90 Å². The van der Waals surface area contributed by atoms with E-state index in [1.165, 1.54) is 0 Å². The van der Waals surface area contributed by atoms with Crippen LogP contribution in [0.15, 0.2) is 0 Å². The third-order valence-electron chi connectivity index (χ3n) is 2.61. The number of likely N-dealkylation sites (tertiary alicyclic amines) is 1. The second-order valence-electron chi connectivity index (χ2n) is 5.66. The van der Waals surface area contributed by atoms with Crippen LogP contribution < -0.4 is 5.32 Å². The summed E-state index contributed by atoms with van der Waals surface area (Å²) in [5, 5.41) is 12.7. The first-order chi connectivity index (χ1) is 6.70. The summed E-state index contributed by atoms with van der Waals surface area (Å²) in [5.74, 6) is 0. The van der Waals surface area contributed by atoms with Gasteiger partial charge in [0.05, 0.1) is 5.60 Å². The maximum Gasteiger partial charge on any atom is 0.317 e. The molecule has 1 rings (SSSR count). The molecule has 2 N–H and O–H groups in total. The van der Waals surface area contributed by atoms with Gasteiger partial charge >= 0.3 is 6.03 Å². The number of carbonyl (C=O) groups is 1. The van der Waals surface area contributed by atoms with Gasteiger partial charge in [0.15, 0.2) is 0 Å². The van der Waals surface area contributed by atoms with Crippen molar-refractivity contribution < 1.29 is 9.90 Å². The Labute approximate surface area is 91.6 Å². The van der Waals surface area contributed by atoms with Gasteiger partial charge < -0.3 is 15.3 Å². The normalized spacial score (nSPS) is 21.3. The number of urea groups is 1. The van der Waals surface area contributed by atoms with Crippen LogP contribution in [0.2, 0.25) is 0 Å². The average molecular weight is 214 g/mol. The minimum absolute atomic E-state index is 0.0296. The Bertz CT molecular complexity index is 233. The lowest BCUT2D eigenvalue weighted by Crippen LogP contribution is -2.53. The number of piperidine rings is 1. The van der Waals surface area contributed by atoms with Crippen LogP contribution in [0.5, 0.6) is 0 Å². The highest BCUT2D eigenvalue weighted by Gasteiger charge is 2.30. The molecule has 0 aromatic rings. The van der Waals surface area contributed by atoms with Gasteiger partial charge in [-0.2, -0.15) is 0 Å². The van der Waals surface area contributed by atoms with Crippen molar-refractivity contribution in [2.75, 3.05) is 13.1 Å². The molecule has 0 bridgehead atoms. The maximum atomic E-state index is 11.8. The second-order valence-corrected chi connectivity index (χ2v) is 5.66. The molecule has 0 aliphatic carbocycles. The Balaban J connectivity index is 2.44. The summed E-state index contributed by atoms with van der Waals surface area (Å²) in [7, 11) is 0. The molecule has 0 unspecified atom stereocenters. The number of carbonyl (C=O) groups excluding carboxylic acids is 1. The van der Waals surface area contributed by atoms with Crippen molar-refractivity contribution >= 4 is 6.03 Å². The van der Waals surface area contributed by atoms with E-state index < -0.39 is 5.60 Å². The van der Waals surface area contributed by atoms with Crippen molar-refractivity contribution in [3.63, 3.8) is 0 Å². The summed E-state index contributed by atoms with van der Waals surface area (Å²) in [6.45, 7) is 8.98. The fourth-order valence-corrected chi connectivity index (χ4v) is 1.59. The van der Waals surface area contributed by atoms with E-state index >= 15 is 0 Å². The molecular formula is C11H22N2O2. The van der Waals surface area contributed by atoms with Crippen LogP contribution in [-0.4, -0.2) is 40.3 Å². The first-order valence-electron chi connectivity index (χ1n) is 5.49. The van der Waals surface area contributed by atoms with Gasteiger partial charge in [-0.15, -0.1) is 0 Å². The fourth-order valence-electron chi connectivity index (χ4n) is 1.59. The maximum absolute atomic E-state index is 11.8. The standard InChI is InChI=1S/C11H22N2O2/c1-10(2,3)12-9(14)13-7-5-11(4,15)6-8-13/h15H,5-8H2,1-4H3,(H,12,14). The molecule has 88 valence electrons. The molecule has 4 heteroatoms. The lowest BCUT2D eigenvalue weighted by molar-refractivity contribution is 0.00390. The van der Waals surface area contributed by atoms with E-state index in [0.29, 0.717) is 25.9 Å². The van der Waals surface area contributed by atoms with Crippen LogP contribution in [0.25, 0.3) is 0 Å². The average Bonchev–Trinajstić information content (AvgIpc) is 2.00. The molecule has 1 aliphatic heterocycles. The van der Waals surface area contributed by atoms with Crippen LogP contribution in [0.1, 0.15) is 40.5 Å². The molecule has 0 atom stereocenters. The van der Waals surface area contributed by atoms with E-state index in [0.717, 1.165) is 0 Å². The van der Waals surface area contributed by atoms with Crippen molar-refractivity contribution in [2.45, 2.75) is 51.7 Å². The number of nitrogens with one attached hydrogen (secondary N) is 1. The Kier molecular flexibility index (Phi) is 3.28. The Morgan fingerprint density at radius 1 is 1.33 bits per heavy atom. The van der Waals surface area contributed by atoms with Crippen LogP contribution in [0, 0.1) is 0 Å². The van der Waals surface area contributed by atoms with Gasteiger partial charge in [0, 0.05) is 18.6 Å². The topological polar surface area (TPSA) is 52.6 Å². The molecule has 2 amide bonds. The van der Waals surface area contributed by atoms with Crippen LogP contribution in [0.4, 0.5) is 4.79 Å². The zero-order valence-corrected chi connectivity index (χ0v) is 10.1. The van der Waals surface area contributed by atoms with Gasteiger partial charge in [-0.05, 0) is 40.5 Å². The zero-order chi connectivity index (χ0) is 11.7. The Hall–Kier alpha value is -0.770. The molecule has 0 aromatic carbocycles. The SMILES string of the molecule is CC1(O)CCN(C(=O)NC(C)(C)C)CC1. The third-order valence-corrected chi connectivity index (χ3v) is 2.61. The second kappa shape index (κ2) is 4.00. The third kappa shape index (κ3) is 4.08. The van der Waals surface area contributed by atoms with Gasteiger partial charge in [0.25, 0.3) is 0 Å². The highest BCUT2D eigenvalue weighted by Crippen LogP contribution is 2.21. The van der Waals surface area contributed by atoms with Crippen molar-refractivity contribution in [3.8, 4) is 0 Å². The lowest BCUT2D eigenvalue weighted by Gasteiger charge is -2.37. The zero-order valence-electron chi connectivity index (χ0n) is 10.1. The Morgan fingerprint density at radius 2 is 1.80 bits per heavy atom. The monoisotopic (exact) mass is 214 g/mol. The number of amides is 2. The fraction of sp³-hybridized carbons (Fsp3) is 0.909. The van der Waals surface area contributed by atoms with Gasteiger partial charge in [-0.3, -0.25) is 0 Å². The predicted molar refractivity (Wildman–Crippen MR) is 59.7 cm³/mol. The highest BCUT2D eigenvalue weighted by atomic mass is 16.3. The summed E-state index contributed by atoms with van der Waals surface area (Å²) < 4.78 is 0. The number of rotatable bonds is 0. The molecular weight excluding hydrogens is 192 g/mol. The molecule has 1 saturated heterocycles. The van der Waals surface area contributed by atoms with Crippen LogP contribution in [-0.2, 0) is 0 Å². The predicted octanol–water partition coefficient (Wildman–Crippen LogP) is 1.34. The summed E-state index contributed by atoms with van der Waals surface area (Å²) in [4.78, 5) is 13.5. The molecule has 0 aromatic heterocycles. The minimum Gasteiger partial charge on any atom is -0.390 e. The molecule has 0 saturated carbocycles. The van der Waals surface area contributed by atoms with Crippen molar-refractivity contribution in [1.82, 2.24) is 10.2 Å². The van der Waals surface area contributed by atoms with Crippen molar-refractivity contribution in [1.29, 1.82) is 0 Å². The Morgan fingerprint density at radius 3 is 2.20 bits per heavy atom. The highest BCUT2D eigenvalue weighted by molar-refractivity contribution is 5.75. The van der Waals surface area contributed by atoms with Crippen molar-refractivity contribution in [3.05, 3.63) is 0 Å². The smallest absolute Gasteiger partial charge is 0.317 e. The van der Waals surface area contributed by atoms with Gasteiger partial charge in [-0.25, -0.2) is 4.79 Å². The first kappa shape index (κ1) is 12.3. The summed E-state index contributed by atoms with van der Waals surface area (Å²) in [6.07, 6.45) is 1.31. The minimum atomic E-state index is -0.599. The first-order valence-corrected chi connectivity index (χ1v) is 5.49. The van der Waals surface area contributed by atoms with Crippen LogP contribution >= 0.6 is 0 Å². The van der Waals surface area contributed by atoms with E-state index in [2.05, 4.69) is 5.32 Å². The van der Waals surface area contributed by atoms with Gasteiger partial charge in [0.1, 0.15) is 0 Å².